The molecule has 2 N–H and O–H groups in total. The molecule has 2 aromatic heterocycles. The Morgan fingerprint density at radius 3 is 2.70 bits per heavy atom. The molecule has 2 atom stereocenters. The number of nitrogens with two attached hydrogens (primary N) is 1. The highest BCUT2D eigenvalue weighted by atomic mass is 32.1. The van der Waals surface area contributed by atoms with E-state index in [2.05, 4.69) is 48.3 Å². The highest BCUT2D eigenvalue weighted by Crippen LogP contribution is 2.31. The van der Waals surface area contributed by atoms with Gasteiger partial charge in [0.15, 0.2) is 0 Å². The molecule has 0 spiro atoms. The first-order chi connectivity index (χ1) is 9.63. The van der Waals surface area contributed by atoms with Crippen LogP contribution < -0.4 is 5.73 Å². The number of nitrogens with zero attached hydrogens (tertiary/aromatic N) is 2. The third-order valence-corrected chi connectivity index (χ3v) is 4.75. The molecule has 0 aliphatic rings. The van der Waals surface area contributed by atoms with Crippen molar-refractivity contribution in [2.45, 2.75) is 38.9 Å². The fourth-order valence-electron chi connectivity index (χ4n) is 2.48. The van der Waals surface area contributed by atoms with Gasteiger partial charge in [-0.25, -0.2) is 0 Å². The number of hydrogen-bond acceptors (Lipinski definition) is 4. The third kappa shape index (κ3) is 3.45. The fourth-order valence-corrected chi connectivity index (χ4v) is 3.64. The Hall–Kier alpha value is -1.23. The van der Waals surface area contributed by atoms with E-state index in [1.807, 2.05) is 18.3 Å². The Kier molecular flexibility index (Phi) is 5.29. The van der Waals surface area contributed by atoms with Crippen LogP contribution in [0.5, 0.6) is 0 Å². The summed E-state index contributed by atoms with van der Waals surface area (Å²) in [6, 6.07) is 8.60. The zero-order valence-electron chi connectivity index (χ0n) is 12.4. The maximum atomic E-state index is 6.38. The molecular weight excluding hydrogens is 266 g/mol. The first-order valence-corrected chi connectivity index (χ1v) is 7.91. The Morgan fingerprint density at radius 1 is 1.35 bits per heavy atom. The van der Waals surface area contributed by atoms with Gasteiger partial charge >= 0.3 is 0 Å². The smallest absolute Gasteiger partial charge is 0.0596 e. The molecule has 2 aromatic rings. The lowest BCUT2D eigenvalue weighted by Gasteiger charge is -2.32. The van der Waals surface area contributed by atoms with E-state index in [1.54, 1.807) is 11.3 Å². The van der Waals surface area contributed by atoms with Crippen LogP contribution >= 0.6 is 11.3 Å². The summed E-state index contributed by atoms with van der Waals surface area (Å²) in [4.78, 5) is 8.10. The van der Waals surface area contributed by atoms with Gasteiger partial charge in [-0.2, -0.15) is 0 Å². The van der Waals surface area contributed by atoms with Gasteiger partial charge in [0.1, 0.15) is 0 Å². The van der Waals surface area contributed by atoms with E-state index >= 15 is 0 Å². The summed E-state index contributed by atoms with van der Waals surface area (Å²) in [5.41, 5.74) is 8.79. The number of likely N-dealkylation sites (N-methyl/N-ethyl adjacent to an activating group) is 1. The first kappa shape index (κ1) is 15.2. The lowest BCUT2D eigenvalue weighted by atomic mass is 10.0. The molecule has 20 heavy (non-hydrogen) atoms. The second kappa shape index (κ2) is 6.97. The van der Waals surface area contributed by atoms with E-state index in [9.17, 15) is 0 Å². The molecule has 2 unspecified atom stereocenters. The molecule has 2 rings (SSSR count). The predicted octanol–water partition coefficient (Wildman–Crippen LogP) is 3.36. The molecule has 4 heteroatoms. The first-order valence-electron chi connectivity index (χ1n) is 7.03. The zero-order chi connectivity index (χ0) is 14.5. The molecule has 0 saturated heterocycles. The van der Waals surface area contributed by atoms with E-state index < -0.39 is 0 Å². The van der Waals surface area contributed by atoms with Crippen LogP contribution in [-0.2, 0) is 6.54 Å². The summed E-state index contributed by atoms with van der Waals surface area (Å²) in [6.07, 6.45) is 2.81. The second-order valence-electron chi connectivity index (χ2n) is 5.22. The van der Waals surface area contributed by atoms with Gasteiger partial charge in [-0.1, -0.05) is 13.0 Å². The molecule has 108 valence electrons. The average molecular weight is 289 g/mol. The molecule has 0 saturated carbocycles. The Balaban J connectivity index is 2.21. The number of rotatable bonds is 6. The van der Waals surface area contributed by atoms with E-state index in [0.717, 1.165) is 18.7 Å². The standard InChI is InChI=1S/C16H23N3S/c1-4-14(17)15(16-12(2)8-10-20-16)19(3)11-13-7-5-6-9-18-13/h5-10,14-15H,4,11,17H2,1-3H3. The van der Waals surface area contributed by atoms with Gasteiger partial charge in [-0.3, -0.25) is 9.88 Å². The second-order valence-corrected chi connectivity index (χ2v) is 6.17. The Morgan fingerprint density at radius 2 is 2.15 bits per heavy atom. The molecular formula is C16H23N3S. The van der Waals surface area contributed by atoms with Crippen molar-refractivity contribution in [3.05, 3.63) is 52.0 Å². The van der Waals surface area contributed by atoms with Crippen LogP contribution in [0.25, 0.3) is 0 Å². The van der Waals surface area contributed by atoms with Crippen LogP contribution in [-0.4, -0.2) is 23.0 Å². The predicted molar refractivity (Wildman–Crippen MR) is 85.8 cm³/mol. The van der Waals surface area contributed by atoms with Gasteiger partial charge < -0.3 is 5.73 Å². The van der Waals surface area contributed by atoms with E-state index in [4.69, 9.17) is 5.73 Å². The summed E-state index contributed by atoms with van der Waals surface area (Å²) < 4.78 is 0. The van der Waals surface area contributed by atoms with Gasteiger partial charge in [0.25, 0.3) is 0 Å². The van der Waals surface area contributed by atoms with Crippen LogP contribution in [0.4, 0.5) is 0 Å². The largest absolute Gasteiger partial charge is 0.326 e. The van der Waals surface area contributed by atoms with Crippen molar-refractivity contribution >= 4 is 11.3 Å². The van der Waals surface area contributed by atoms with Gasteiger partial charge in [-0.05, 0) is 49.5 Å². The minimum atomic E-state index is 0.140. The molecule has 2 heterocycles. The minimum absolute atomic E-state index is 0.140. The summed E-state index contributed by atoms with van der Waals surface area (Å²) in [5.74, 6) is 0. The fraction of sp³-hybridized carbons (Fsp3) is 0.438. The van der Waals surface area contributed by atoms with Gasteiger partial charge in [0, 0.05) is 23.7 Å². The van der Waals surface area contributed by atoms with E-state index in [1.165, 1.54) is 10.4 Å². The SMILES string of the molecule is CCC(N)C(c1sccc1C)N(C)Cc1ccccn1. The summed E-state index contributed by atoms with van der Waals surface area (Å²) in [6.45, 7) is 5.13. The number of aromatic nitrogens is 1. The molecule has 0 aromatic carbocycles. The number of thiophene rings is 1. The molecule has 0 aliphatic heterocycles. The minimum Gasteiger partial charge on any atom is -0.326 e. The Bertz CT molecular complexity index is 524. The normalized spacial score (nSPS) is 14.4. The van der Waals surface area contributed by atoms with Crippen molar-refractivity contribution in [3.8, 4) is 0 Å². The topological polar surface area (TPSA) is 42.1 Å². The average Bonchev–Trinajstić information content (AvgIpc) is 2.86. The quantitative estimate of drug-likeness (QED) is 0.886. The summed E-state index contributed by atoms with van der Waals surface area (Å²) in [7, 11) is 2.13. The lowest BCUT2D eigenvalue weighted by Crippen LogP contribution is -2.38. The number of pyridine rings is 1. The zero-order valence-corrected chi connectivity index (χ0v) is 13.2. The van der Waals surface area contributed by atoms with Gasteiger partial charge in [0.2, 0.25) is 0 Å². The molecule has 3 nitrogen and oxygen atoms in total. The van der Waals surface area contributed by atoms with Crippen molar-refractivity contribution in [1.82, 2.24) is 9.88 Å². The van der Waals surface area contributed by atoms with Gasteiger partial charge in [-0.15, -0.1) is 11.3 Å². The van der Waals surface area contributed by atoms with Crippen molar-refractivity contribution in [2.75, 3.05) is 7.05 Å². The summed E-state index contributed by atoms with van der Waals surface area (Å²) in [5, 5.41) is 2.15. The monoisotopic (exact) mass is 289 g/mol. The van der Waals surface area contributed by atoms with Crippen molar-refractivity contribution in [3.63, 3.8) is 0 Å². The highest BCUT2D eigenvalue weighted by Gasteiger charge is 2.25. The maximum Gasteiger partial charge on any atom is 0.0596 e. The van der Waals surface area contributed by atoms with Crippen molar-refractivity contribution < 1.29 is 0 Å². The number of hydrogen-bond donors (Lipinski definition) is 1. The molecule has 0 fully saturated rings. The van der Waals surface area contributed by atoms with Crippen LogP contribution in [0.1, 0.15) is 35.5 Å². The van der Waals surface area contributed by atoms with E-state index in [-0.39, 0.29) is 12.1 Å². The van der Waals surface area contributed by atoms with Gasteiger partial charge in [0.05, 0.1) is 11.7 Å². The van der Waals surface area contributed by atoms with Crippen molar-refractivity contribution in [2.24, 2.45) is 5.73 Å². The molecule has 0 radical (unpaired) electrons. The Labute approximate surface area is 125 Å². The van der Waals surface area contributed by atoms with Crippen LogP contribution in [0.3, 0.4) is 0 Å². The highest BCUT2D eigenvalue weighted by molar-refractivity contribution is 7.10. The maximum absolute atomic E-state index is 6.38. The van der Waals surface area contributed by atoms with Crippen LogP contribution in [0.15, 0.2) is 35.8 Å². The number of aryl methyl sites for hydroxylation is 1. The molecule has 0 bridgehead atoms. The lowest BCUT2D eigenvalue weighted by molar-refractivity contribution is 0.202. The van der Waals surface area contributed by atoms with E-state index in [0.29, 0.717) is 0 Å². The molecule has 0 aliphatic carbocycles. The summed E-state index contributed by atoms with van der Waals surface area (Å²) >= 11 is 1.80. The molecule has 0 amide bonds. The third-order valence-electron chi connectivity index (χ3n) is 3.66. The van der Waals surface area contributed by atoms with Crippen molar-refractivity contribution in [1.29, 1.82) is 0 Å². The van der Waals surface area contributed by atoms with Crippen LogP contribution in [0, 0.1) is 6.92 Å². The van der Waals surface area contributed by atoms with Crippen LogP contribution in [0.2, 0.25) is 0 Å².